The van der Waals surface area contributed by atoms with Gasteiger partial charge in [0.25, 0.3) is 11.8 Å². The summed E-state index contributed by atoms with van der Waals surface area (Å²) in [4.78, 5) is 37.7. The third kappa shape index (κ3) is 3.41. The van der Waals surface area contributed by atoms with Crippen LogP contribution in [-0.2, 0) is 16.1 Å². The zero-order valence-electron chi connectivity index (χ0n) is 14.8. The summed E-state index contributed by atoms with van der Waals surface area (Å²) >= 11 is 6.10. The number of hydrogen-bond acceptors (Lipinski definition) is 6. The Hall–Kier alpha value is -3.06. The summed E-state index contributed by atoms with van der Waals surface area (Å²) in [5.74, 6) is -0.0832. The number of carbonyl (C=O) groups excluding carboxylic acids is 3. The Bertz CT molecular complexity index is 938. The molecule has 144 valence electrons. The van der Waals surface area contributed by atoms with Gasteiger partial charge in [-0.3, -0.25) is 19.3 Å². The van der Waals surface area contributed by atoms with Gasteiger partial charge in [-0.1, -0.05) is 23.7 Å². The van der Waals surface area contributed by atoms with Gasteiger partial charge in [0.15, 0.2) is 11.5 Å². The van der Waals surface area contributed by atoms with Crippen molar-refractivity contribution in [2.75, 3.05) is 13.3 Å². The van der Waals surface area contributed by atoms with Gasteiger partial charge in [0.05, 0.1) is 16.1 Å². The molecule has 2 aliphatic rings. The van der Waals surface area contributed by atoms with E-state index in [-0.39, 0.29) is 38.2 Å². The molecule has 0 bridgehead atoms. The Morgan fingerprint density at radius 2 is 1.82 bits per heavy atom. The van der Waals surface area contributed by atoms with Gasteiger partial charge in [0, 0.05) is 13.0 Å². The van der Waals surface area contributed by atoms with Gasteiger partial charge in [-0.05, 0) is 36.2 Å². The van der Waals surface area contributed by atoms with Crippen LogP contribution in [0.25, 0.3) is 0 Å². The highest BCUT2D eigenvalue weighted by molar-refractivity contribution is 6.32. The molecule has 2 amide bonds. The first kappa shape index (κ1) is 18.3. The number of amides is 2. The zero-order chi connectivity index (χ0) is 19.7. The van der Waals surface area contributed by atoms with Crippen LogP contribution in [0.5, 0.6) is 11.5 Å². The largest absolute Gasteiger partial charge is 0.461 e. The molecule has 7 nitrogen and oxygen atoms in total. The lowest BCUT2D eigenvalue weighted by atomic mass is 10.1. The second-order valence-electron chi connectivity index (χ2n) is 6.38. The number of nitrogens with zero attached hydrogens (tertiary/aromatic N) is 1. The summed E-state index contributed by atoms with van der Waals surface area (Å²) in [5, 5.41) is 0.395. The standard InChI is InChI=1S/C20H16ClNO6/c21-15-8-12(9-16-18(15)28-11-27-16)10-26-17(23)6-3-7-22-19(24)13-4-1-2-5-14(13)20(22)25/h1-2,4-5,8-9H,3,6-7,10-11H2. The van der Waals surface area contributed by atoms with Gasteiger partial charge in [-0.15, -0.1) is 0 Å². The topological polar surface area (TPSA) is 82.1 Å². The van der Waals surface area contributed by atoms with Gasteiger partial charge in [-0.25, -0.2) is 0 Å². The third-order valence-electron chi connectivity index (χ3n) is 4.53. The van der Waals surface area contributed by atoms with E-state index in [0.717, 1.165) is 4.90 Å². The summed E-state index contributed by atoms with van der Waals surface area (Å²) in [6.07, 6.45) is 0.415. The van der Waals surface area contributed by atoms with Crippen LogP contribution in [0.4, 0.5) is 0 Å². The van der Waals surface area contributed by atoms with E-state index in [1.165, 1.54) is 0 Å². The van der Waals surface area contributed by atoms with E-state index in [9.17, 15) is 14.4 Å². The van der Waals surface area contributed by atoms with Crippen molar-refractivity contribution in [3.63, 3.8) is 0 Å². The van der Waals surface area contributed by atoms with E-state index in [2.05, 4.69) is 0 Å². The Morgan fingerprint density at radius 1 is 1.11 bits per heavy atom. The maximum Gasteiger partial charge on any atom is 0.306 e. The van der Waals surface area contributed by atoms with Crippen molar-refractivity contribution < 1.29 is 28.6 Å². The highest BCUT2D eigenvalue weighted by Gasteiger charge is 2.34. The quantitative estimate of drug-likeness (QED) is 0.546. The molecule has 2 aromatic rings. The molecule has 0 aromatic heterocycles. The van der Waals surface area contributed by atoms with Crippen molar-refractivity contribution in [2.24, 2.45) is 0 Å². The summed E-state index contributed by atoms with van der Waals surface area (Å²) in [6, 6.07) is 10.0. The minimum atomic E-state index is -0.426. The first-order valence-electron chi connectivity index (χ1n) is 8.73. The van der Waals surface area contributed by atoms with E-state index in [0.29, 0.717) is 39.6 Å². The third-order valence-corrected chi connectivity index (χ3v) is 4.81. The monoisotopic (exact) mass is 401 g/mol. The Kier molecular flexibility index (Phi) is 4.92. The summed E-state index contributed by atoms with van der Waals surface area (Å²) < 4.78 is 15.8. The highest BCUT2D eigenvalue weighted by atomic mass is 35.5. The molecule has 0 fully saturated rings. The van der Waals surface area contributed by atoms with Crippen LogP contribution in [0.1, 0.15) is 39.1 Å². The number of hydrogen-bond donors (Lipinski definition) is 0. The predicted octanol–water partition coefficient (Wildman–Crippen LogP) is 3.19. The molecule has 8 heteroatoms. The molecule has 0 radical (unpaired) electrons. The smallest absolute Gasteiger partial charge is 0.306 e. The van der Waals surface area contributed by atoms with Crippen molar-refractivity contribution in [1.29, 1.82) is 0 Å². The summed E-state index contributed by atoms with van der Waals surface area (Å²) in [7, 11) is 0. The van der Waals surface area contributed by atoms with Crippen molar-refractivity contribution in [3.8, 4) is 11.5 Å². The van der Waals surface area contributed by atoms with Gasteiger partial charge in [-0.2, -0.15) is 0 Å². The molecule has 0 N–H and O–H groups in total. The molecule has 0 atom stereocenters. The number of carbonyl (C=O) groups is 3. The number of benzene rings is 2. The van der Waals surface area contributed by atoms with Crippen molar-refractivity contribution >= 4 is 29.4 Å². The molecular weight excluding hydrogens is 386 g/mol. The van der Waals surface area contributed by atoms with E-state index >= 15 is 0 Å². The molecule has 4 rings (SSSR count). The first-order chi connectivity index (χ1) is 13.5. The number of halogens is 1. The minimum absolute atomic E-state index is 0.0439. The van der Waals surface area contributed by atoms with E-state index in [4.69, 9.17) is 25.8 Å². The van der Waals surface area contributed by atoms with Crippen LogP contribution < -0.4 is 9.47 Å². The fraction of sp³-hybridized carbons (Fsp3) is 0.250. The number of esters is 1. The molecule has 0 saturated heterocycles. The molecule has 2 aliphatic heterocycles. The molecule has 2 heterocycles. The lowest BCUT2D eigenvalue weighted by molar-refractivity contribution is -0.145. The van der Waals surface area contributed by atoms with Crippen LogP contribution in [-0.4, -0.2) is 36.0 Å². The van der Waals surface area contributed by atoms with E-state index in [1.807, 2.05) is 0 Å². The number of fused-ring (bicyclic) bond motifs is 2. The van der Waals surface area contributed by atoms with Crippen LogP contribution in [0.3, 0.4) is 0 Å². The van der Waals surface area contributed by atoms with E-state index in [1.54, 1.807) is 36.4 Å². The lowest BCUT2D eigenvalue weighted by Crippen LogP contribution is -2.31. The molecular formula is C20H16ClNO6. The van der Waals surface area contributed by atoms with Crippen LogP contribution in [0.2, 0.25) is 5.02 Å². The SMILES string of the molecule is O=C(CCCN1C(=O)c2ccccc2C1=O)OCc1cc(Cl)c2c(c1)OCO2. The maximum absolute atomic E-state index is 12.3. The number of rotatable bonds is 6. The van der Waals surface area contributed by atoms with Crippen molar-refractivity contribution in [2.45, 2.75) is 19.4 Å². The molecule has 0 aliphatic carbocycles. The van der Waals surface area contributed by atoms with Crippen molar-refractivity contribution in [3.05, 3.63) is 58.1 Å². The van der Waals surface area contributed by atoms with Crippen LogP contribution in [0.15, 0.2) is 36.4 Å². The molecule has 2 aromatic carbocycles. The minimum Gasteiger partial charge on any atom is -0.461 e. The predicted molar refractivity (Wildman–Crippen MR) is 98.4 cm³/mol. The second kappa shape index (κ2) is 7.52. The molecule has 0 spiro atoms. The maximum atomic E-state index is 12.3. The summed E-state index contributed by atoms with van der Waals surface area (Å²) in [6.45, 7) is 0.315. The molecule has 0 unspecified atom stereocenters. The van der Waals surface area contributed by atoms with Gasteiger partial charge < -0.3 is 14.2 Å². The fourth-order valence-corrected chi connectivity index (χ4v) is 3.45. The fourth-order valence-electron chi connectivity index (χ4n) is 3.16. The van der Waals surface area contributed by atoms with Gasteiger partial charge in [0.1, 0.15) is 6.61 Å². The average Bonchev–Trinajstić information content (AvgIpc) is 3.26. The zero-order valence-corrected chi connectivity index (χ0v) is 15.5. The lowest BCUT2D eigenvalue weighted by Gasteiger charge is -2.13. The van der Waals surface area contributed by atoms with Crippen LogP contribution >= 0.6 is 11.6 Å². The Labute approximate surface area is 165 Å². The normalized spacial score (nSPS) is 14.4. The first-order valence-corrected chi connectivity index (χ1v) is 9.11. The summed E-state index contributed by atoms with van der Waals surface area (Å²) in [5.41, 5.74) is 1.48. The Balaban J connectivity index is 1.26. The molecule has 28 heavy (non-hydrogen) atoms. The van der Waals surface area contributed by atoms with Gasteiger partial charge >= 0.3 is 5.97 Å². The number of ether oxygens (including phenoxy) is 3. The van der Waals surface area contributed by atoms with Gasteiger partial charge in [0.2, 0.25) is 6.79 Å². The molecule has 0 saturated carbocycles. The Morgan fingerprint density at radius 3 is 2.54 bits per heavy atom. The average molecular weight is 402 g/mol. The number of imide groups is 1. The van der Waals surface area contributed by atoms with E-state index < -0.39 is 5.97 Å². The van der Waals surface area contributed by atoms with Crippen molar-refractivity contribution in [1.82, 2.24) is 4.90 Å². The van der Waals surface area contributed by atoms with Crippen LogP contribution in [0, 0.1) is 0 Å². The highest BCUT2D eigenvalue weighted by Crippen LogP contribution is 2.39. The second-order valence-corrected chi connectivity index (χ2v) is 6.79.